The third-order valence-corrected chi connectivity index (χ3v) is 6.30. The van der Waals surface area contributed by atoms with Gasteiger partial charge in [-0.25, -0.2) is 9.78 Å². The van der Waals surface area contributed by atoms with Crippen LogP contribution in [0.5, 0.6) is 0 Å². The van der Waals surface area contributed by atoms with Gasteiger partial charge in [0.2, 0.25) is 0 Å². The minimum absolute atomic E-state index is 0.143. The topological polar surface area (TPSA) is 114 Å². The van der Waals surface area contributed by atoms with Crippen molar-refractivity contribution in [2.75, 3.05) is 13.7 Å². The molecule has 0 saturated heterocycles. The van der Waals surface area contributed by atoms with Gasteiger partial charge in [-0.1, -0.05) is 5.16 Å². The normalized spacial score (nSPS) is 13.4. The molecule has 4 aromatic heterocycles. The standard InChI is InChI=1S/C25H20N4O5/c1-13-22-16(11-20(21-4-3-9-33-21)27-23(22)34-28-13)24(30)29-8-7-19-17(12-29)15-10-14(25(31)32-2)5-6-18(15)26-19/h3-6,9-11,26H,7-8,12H2,1-2H3. The van der Waals surface area contributed by atoms with Gasteiger partial charge in [0.15, 0.2) is 5.76 Å². The molecule has 34 heavy (non-hydrogen) atoms. The Labute approximate surface area is 193 Å². The van der Waals surface area contributed by atoms with Crippen molar-refractivity contribution in [3.8, 4) is 11.5 Å². The molecule has 0 bridgehead atoms. The largest absolute Gasteiger partial charge is 0.465 e. The summed E-state index contributed by atoms with van der Waals surface area (Å²) < 4.78 is 15.7. The number of benzene rings is 1. The van der Waals surface area contributed by atoms with Crippen LogP contribution in [0.25, 0.3) is 33.5 Å². The van der Waals surface area contributed by atoms with Gasteiger partial charge in [0.1, 0.15) is 5.69 Å². The molecule has 9 heteroatoms. The number of aryl methyl sites for hydroxylation is 1. The minimum atomic E-state index is -0.395. The number of carbonyl (C=O) groups is 2. The smallest absolute Gasteiger partial charge is 0.337 e. The van der Waals surface area contributed by atoms with E-state index < -0.39 is 5.97 Å². The SMILES string of the molecule is COC(=O)c1ccc2[nH]c3c(c2c1)CN(C(=O)c1cc(-c2ccco2)nc2onc(C)c12)CC3. The summed E-state index contributed by atoms with van der Waals surface area (Å²) in [5, 5.41) is 5.53. The van der Waals surface area contributed by atoms with E-state index in [1.807, 2.05) is 12.1 Å². The monoisotopic (exact) mass is 456 g/mol. The number of H-pyrrole nitrogens is 1. The van der Waals surface area contributed by atoms with E-state index in [1.165, 1.54) is 7.11 Å². The molecule has 5 heterocycles. The summed E-state index contributed by atoms with van der Waals surface area (Å²) in [5.41, 5.74) is 5.33. The van der Waals surface area contributed by atoms with Gasteiger partial charge in [0.25, 0.3) is 11.6 Å². The lowest BCUT2D eigenvalue weighted by Gasteiger charge is -2.27. The summed E-state index contributed by atoms with van der Waals surface area (Å²) in [7, 11) is 1.36. The molecule has 1 aliphatic heterocycles. The van der Waals surface area contributed by atoms with E-state index >= 15 is 0 Å². The van der Waals surface area contributed by atoms with Gasteiger partial charge in [-0.15, -0.1) is 0 Å². The van der Waals surface area contributed by atoms with E-state index in [-0.39, 0.29) is 5.91 Å². The van der Waals surface area contributed by atoms with Gasteiger partial charge >= 0.3 is 5.97 Å². The summed E-state index contributed by atoms with van der Waals surface area (Å²) in [6, 6.07) is 10.7. The number of pyridine rings is 1. The number of aromatic amines is 1. The number of ether oxygens (including phenoxy) is 1. The van der Waals surface area contributed by atoms with E-state index in [4.69, 9.17) is 13.7 Å². The second-order valence-electron chi connectivity index (χ2n) is 8.29. The molecule has 0 aliphatic carbocycles. The fraction of sp³-hybridized carbons (Fsp3) is 0.200. The first kappa shape index (κ1) is 20.2. The average molecular weight is 456 g/mol. The number of methoxy groups -OCH3 is 1. The van der Waals surface area contributed by atoms with Crippen LogP contribution >= 0.6 is 0 Å². The van der Waals surface area contributed by atoms with Crippen molar-refractivity contribution in [3.05, 3.63) is 70.7 Å². The molecule has 1 aromatic carbocycles. The number of fused-ring (bicyclic) bond motifs is 4. The van der Waals surface area contributed by atoms with E-state index in [2.05, 4.69) is 15.1 Å². The lowest BCUT2D eigenvalue weighted by Crippen LogP contribution is -2.36. The summed E-state index contributed by atoms with van der Waals surface area (Å²) in [6.45, 7) is 2.74. The number of hydrogen-bond donors (Lipinski definition) is 1. The molecule has 1 aliphatic rings. The highest BCUT2D eigenvalue weighted by Gasteiger charge is 2.28. The van der Waals surface area contributed by atoms with Gasteiger partial charge in [-0.2, -0.15) is 0 Å². The lowest BCUT2D eigenvalue weighted by molar-refractivity contribution is 0.0600. The molecule has 9 nitrogen and oxygen atoms in total. The number of hydrogen-bond acceptors (Lipinski definition) is 7. The van der Waals surface area contributed by atoms with E-state index in [9.17, 15) is 9.59 Å². The molecule has 0 unspecified atom stereocenters. The van der Waals surface area contributed by atoms with Crippen LogP contribution in [-0.4, -0.2) is 45.6 Å². The number of rotatable bonds is 3. The molecular weight excluding hydrogens is 436 g/mol. The highest BCUT2D eigenvalue weighted by atomic mass is 16.5. The van der Waals surface area contributed by atoms with Crippen LogP contribution in [0.4, 0.5) is 0 Å². The van der Waals surface area contributed by atoms with Gasteiger partial charge < -0.3 is 23.6 Å². The number of carbonyl (C=O) groups excluding carboxylic acids is 2. The zero-order chi connectivity index (χ0) is 23.4. The van der Waals surface area contributed by atoms with Crippen LogP contribution in [0.2, 0.25) is 0 Å². The van der Waals surface area contributed by atoms with Crippen LogP contribution in [-0.2, 0) is 17.7 Å². The first-order valence-corrected chi connectivity index (χ1v) is 10.9. The molecule has 0 saturated carbocycles. The maximum Gasteiger partial charge on any atom is 0.337 e. The molecular formula is C25H20N4O5. The highest BCUT2D eigenvalue weighted by molar-refractivity contribution is 6.07. The van der Waals surface area contributed by atoms with Crippen molar-refractivity contribution < 1.29 is 23.3 Å². The Morgan fingerprint density at radius 2 is 2.09 bits per heavy atom. The van der Waals surface area contributed by atoms with Crippen molar-refractivity contribution >= 4 is 33.9 Å². The predicted molar refractivity (Wildman–Crippen MR) is 122 cm³/mol. The first-order valence-electron chi connectivity index (χ1n) is 10.9. The third-order valence-electron chi connectivity index (χ3n) is 6.30. The van der Waals surface area contributed by atoms with Crippen molar-refractivity contribution in [3.63, 3.8) is 0 Å². The summed E-state index contributed by atoms with van der Waals surface area (Å²) >= 11 is 0. The summed E-state index contributed by atoms with van der Waals surface area (Å²) in [6.07, 6.45) is 2.23. The Kier molecular flexibility index (Phi) is 4.51. The second-order valence-corrected chi connectivity index (χ2v) is 8.29. The van der Waals surface area contributed by atoms with Gasteiger partial charge in [0, 0.05) is 41.7 Å². The van der Waals surface area contributed by atoms with Crippen molar-refractivity contribution in [1.29, 1.82) is 0 Å². The van der Waals surface area contributed by atoms with Gasteiger partial charge in [-0.05, 0) is 43.3 Å². The van der Waals surface area contributed by atoms with Crippen molar-refractivity contribution in [2.45, 2.75) is 19.9 Å². The van der Waals surface area contributed by atoms with Crippen LogP contribution in [0.15, 0.2) is 51.6 Å². The van der Waals surface area contributed by atoms with Crippen LogP contribution in [0.3, 0.4) is 0 Å². The van der Waals surface area contributed by atoms with Crippen molar-refractivity contribution in [2.24, 2.45) is 0 Å². The first-order chi connectivity index (χ1) is 16.5. The number of furan rings is 1. The number of aromatic nitrogens is 3. The number of esters is 1. The molecule has 170 valence electrons. The molecule has 0 atom stereocenters. The molecule has 1 N–H and O–H groups in total. The molecule has 5 aromatic rings. The number of nitrogens with zero attached hydrogens (tertiary/aromatic N) is 3. The van der Waals surface area contributed by atoms with Crippen LogP contribution < -0.4 is 0 Å². The zero-order valence-corrected chi connectivity index (χ0v) is 18.5. The Balaban J connectivity index is 1.41. The quantitative estimate of drug-likeness (QED) is 0.404. The average Bonchev–Trinajstić information content (AvgIpc) is 3.61. The molecule has 0 radical (unpaired) electrons. The Morgan fingerprint density at radius 1 is 1.21 bits per heavy atom. The number of nitrogens with one attached hydrogen (secondary N) is 1. The van der Waals surface area contributed by atoms with E-state index in [1.54, 1.807) is 42.4 Å². The third kappa shape index (κ3) is 3.08. The van der Waals surface area contributed by atoms with Crippen molar-refractivity contribution in [1.82, 2.24) is 20.0 Å². The van der Waals surface area contributed by atoms with Crippen LogP contribution in [0, 0.1) is 6.92 Å². The lowest BCUT2D eigenvalue weighted by atomic mass is 10.0. The van der Waals surface area contributed by atoms with E-state index in [0.29, 0.717) is 58.9 Å². The second kappa shape index (κ2) is 7.58. The van der Waals surface area contributed by atoms with E-state index in [0.717, 1.165) is 22.2 Å². The Morgan fingerprint density at radius 3 is 2.88 bits per heavy atom. The summed E-state index contributed by atoms with van der Waals surface area (Å²) in [5.74, 6) is 0.00156. The van der Waals surface area contributed by atoms with Crippen LogP contribution in [0.1, 0.15) is 37.7 Å². The maximum atomic E-state index is 13.8. The fourth-order valence-electron chi connectivity index (χ4n) is 4.62. The van der Waals surface area contributed by atoms with Gasteiger partial charge in [0.05, 0.1) is 35.6 Å². The number of amides is 1. The Bertz CT molecular complexity index is 1580. The Hall–Kier alpha value is -4.40. The predicted octanol–water partition coefficient (Wildman–Crippen LogP) is 4.26. The maximum absolute atomic E-state index is 13.8. The molecule has 0 spiro atoms. The fourth-order valence-corrected chi connectivity index (χ4v) is 4.62. The molecule has 6 rings (SSSR count). The molecule has 0 fully saturated rings. The van der Waals surface area contributed by atoms with Gasteiger partial charge in [-0.3, -0.25) is 4.79 Å². The molecule has 1 amide bonds. The minimum Gasteiger partial charge on any atom is -0.465 e. The zero-order valence-electron chi connectivity index (χ0n) is 18.5. The summed E-state index contributed by atoms with van der Waals surface area (Å²) in [4.78, 5) is 35.5. The highest BCUT2D eigenvalue weighted by Crippen LogP contribution is 2.32.